The molecule has 0 aliphatic carbocycles. The van der Waals surface area contributed by atoms with Crippen molar-refractivity contribution < 1.29 is 4.79 Å². The Kier molecular flexibility index (Phi) is 5.75. The average molecular weight is 370 g/mol. The van der Waals surface area contributed by atoms with E-state index in [2.05, 4.69) is 36.8 Å². The molecule has 8 heteroatoms. The first-order chi connectivity index (χ1) is 10.1. The Balaban J connectivity index is 1.76. The third kappa shape index (κ3) is 4.82. The Bertz CT molecular complexity index is 601. The molecule has 0 bridgehead atoms. The van der Waals surface area contributed by atoms with Gasteiger partial charge in [-0.2, -0.15) is 0 Å². The van der Waals surface area contributed by atoms with Crippen molar-refractivity contribution in [2.75, 3.05) is 5.75 Å². The Morgan fingerprint density at radius 3 is 2.76 bits per heavy atom. The molecule has 1 aromatic carbocycles. The normalized spacial score (nSPS) is 12.1. The minimum absolute atomic E-state index is 0.00732. The molecule has 1 amide bonds. The van der Waals surface area contributed by atoms with Crippen LogP contribution in [-0.2, 0) is 11.8 Å². The molecule has 0 radical (unpaired) electrons. The number of nitrogens with zero attached hydrogens (tertiary/aromatic N) is 4. The van der Waals surface area contributed by atoms with E-state index in [1.54, 1.807) is 11.7 Å². The van der Waals surface area contributed by atoms with E-state index in [0.29, 0.717) is 17.3 Å². The van der Waals surface area contributed by atoms with Crippen molar-refractivity contribution in [3.8, 4) is 0 Å². The Labute approximate surface area is 135 Å². The van der Waals surface area contributed by atoms with E-state index in [0.717, 1.165) is 10.0 Å². The Morgan fingerprint density at radius 2 is 2.14 bits per heavy atom. The molecule has 0 spiro atoms. The number of benzene rings is 1. The fraction of sp³-hybridized carbons (Fsp3) is 0.385. The van der Waals surface area contributed by atoms with Crippen LogP contribution in [0.2, 0.25) is 0 Å². The van der Waals surface area contributed by atoms with Crippen LogP contribution in [0.3, 0.4) is 0 Å². The summed E-state index contributed by atoms with van der Waals surface area (Å²) in [5, 5.41) is 14.8. The van der Waals surface area contributed by atoms with Gasteiger partial charge < -0.3 is 5.32 Å². The third-order valence-electron chi connectivity index (χ3n) is 2.89. The number of aryl methyl sites for hydroxylation is 1. The monoisotopic (exact) mass is 369 g/mol. The molecule has 6 nitrogen and oxygen atoms in total. The molecule has 0 aliphatic heterocycles. The van der Waals surface area contributed by atoms with Crippen LogP contribution < -0.4 is 5.32 Å². The molecule has 1 heterocycles. The summed E-state index contributed by atoms with van der Waals surface area (Å²) < 4.78 is 2.62. The topological polar surface area (TPSA) is 72.7 Å². The highest BCUT2D eigenvalue weighted by Crippen LogP contribution is 2.17. The number of hydrogen-bond acceptors (Lipinski definition) is 5. The highest BCUT2D eigenvalue weighted by molar-refractivity contribution is 9.10. The maximum atomic E-state index is 11.9. The molecule has 1 atom stereocenters. The van der Waals surface area contributed by atoms with Crippen LogP contribution in [0, 0.1) is 0 Å². The fourth-order valence-electron chi connectivity index (χ4n) is 1.73. The van der Waals surface area contributed by atoms with E-state index in [4.69, 9.17) is 0 Å². The van der Waals surface area contributed by atoms with E-state index in [1.165, 1.54) is 11.8 Å². The quantitative estimate of drug-likeness (QED) is 0.791. The minimum atomic E-state index is -0.00732. The third-order valence-corrected chi connectivity index (χ3v) is 4.43. The van der Waals surface area contributed by atoms with Crippen molar-refractivity contribution in [1.29, 1.82) is 0 Å². The van der Waals surface area contributed by atoms with E-state index >= 15 is 0 Å². The summed E-state index contributed by atoms with van der Waals surface area (Å²) in [6.45, 7) is 1.97. The summed E-state index contributed by atoms with van der Waals surface area (Å²) in [5.41, 5.74) is 1.08. The van der Waals surface area contributed by atoms with Crippen molar-refractivity contribution in [3.63, 3.8) is 0 Å². The molecule has 21 heavy (non-hydrogen) atoms. The number of thioether (sulfide) groups is 1. The highest BCUT2D eigenvalue weighted by atomic mass is 79.9. The van der Waals surface area contributed by atoms with Gasteiger partial charge in [0.1, 0.15) is 0 Å². The molecule has 2 rings (SSSR count). The minimum Gasteiger partial charge on any atom is -0.350 e. The lowest BCUT2D eigenvalue weighted by Crippen LogP contribution is -2.26. The zero-order valence-electron chi connectivity index (χ0n) is 11.8. The number of rotatable bonds is 6. The van der Waals surface area contributed by atoms with Gasteiger partial charge in [-0.25, -0.2) is 4.68 Å². The van der Waals surface area contributed by atoms with Gasteiger partial charge in [0, 0.05) is 23.7 Å². The molecular formula is C13H16BrN5OS. The van der Waals surface area contributed by atoms with Crippen LogP contribution in [0.4, 0.5) is 0 Å². The standard InChI is InChI=1S/C13H16BrN5OS/c1-9(10-3-5-11(14)6-4-10)15-12(20)7-8-21-13-16-17-18-19(13)2/h3-6,9H,7-8H2,1-2H3,(H,15,20). The van der Waals surface area contributed by atoms with E-state index in [-0.39, 0.29) is 11.9 Å². The van der Waals surface area contributed by atoms with Crippen LogP contribution in [0.25, 0.3) is 0 Å². The van der Waals surface area contributed by atoms with Crippen LogP contribution in [0.5, 0.6) is 0 Å². The molecule has 0 aliphatic rings. The van der Waals surface area contributed by atoms with Crippen molar-refractivity contribution in [3.05, 3.63) is 34.3 Å². The van der Waals surface area contributed by atoms with Gasteiger partial charge in [0.05, 0.1) is 6.04 Å². The molecular weight excluding hydrogens is 354 g/mol. The second-order valence-corrected chi connectivity index (χ2v) is 6.50. The summed E-state index contributed by atoms with van der Waals surface area (Å²) in [4.78, 5) is 11.9. The van der Waals surface area contributed by atoms with Gasteiger partial charge in [-0.1, -0.05) is 39.8 Å². The van der Waals surface area contributed by atoms with Crippen molar-refractivity contribution in [2.24, 2.45) is 7.05 Å². The van der Waals surface area contributed by atoms with Gasteiger partial charge in [-0.15, -0.1) is 5.10 Å². The van der Waals surface area contributed by atoms with Crippen LogP contribution in [0.1, 0.15) is 24.9 Å². The molecule has 112 valence electrons. The molecule has 0 saturated heterocycles. The summed E-state index contributed by atoms with van der Waals surface area (Å²) >= 11 is 4.86. The molecule has 0 fully saturated rings. The number of halogens is 1. The molecule has 1 unspecified atom stereocenters. The smallest absolute Gasteiger partial charge is 0.221 e. The zero-order chi connectivity index (χ0) is 15.2. The predicted octanol–water partition coefficient (Wildman–Crippen LogP) is 2.33. The van der Waals surface area contributed by atoms with Gasteiger partial charge >= 0.3 is 0 Å². The van der Waals surface area contributed by atoms with Gasteiger partial charge in [-0.05, 0) is 35.0 Å². The molecule has 1 aromatic heterocycles. The van der Waals surface area contributed by atoms with Crippen LogP contribution in [-0.4, -0.2) is 31.9 Å². The molecule has 0 saturated carbocycles. The fourth-order valence-corrected chi connectivity index (χ4v) is 2.78. The summed E-state index contributed by atoms with van der Waals surface area (Å²) in [6.07, 6.45) is 0.429. The predicted molar refractivity (Wildman–Crippen MR) is 84.8 cm³/mol. The second-order valence-electron chi connectivity index (χ2n) is 4.52. The van der Waals surface area contributed by atoms with E-state index in [9.17, 15) is 4.79 Å². The maximum absolute atomic E-state index is 11.9. The molecule has 2 aromatic rings. The lowest BCUT2D eigenvalue weighted by atomic mass is 10.1. The Hall–Kier alpha value is -1.41. The summed E-state index contributed by atoms with van der Waals surface area (Å²) in [5.74, 6) is 0.667. The SMILES string of the molecule is CC(NC(=O)CCSc1nnnn1C)c1ccc(Br)cc1. The number of amides is 1. The van der Waals surface area contributed by atoms with Gasteiger partial charge in [0.25, 0.3) is 0 Å². The number of aromatic nitrogens is 4. The van der Waals surface area contributed by atoms with Gasteiger partial charge in [0.15, 0.2) is 0 Å². The zero-order valence-corrected chi connectivity index (χ0v) is 14.2. The van der Waals surface area contributed by atoms with Crippen LogP contribution >= 0.6 is 27.7 Å². The number of tetrazole rings is 1. The first kappa shape index (κ1) is 16.0. The first-order valence-corrected chi connectivity index (χ1v) is 8.24. The number of carbonyl (C=O) groups is 1. The Morgan fingerprint density at radius 1 is 1.43 bits per heavy atom. The number of carbonyl (C=O) groups excluding carboxylic acids is 1. The van der Waals surface area contributed by atoms with Crippen molar-refractivity contribution >= 4 is 33.6 Å². The summed E-state index contributed by atoms with van der Waals surface area (Å²) in [6, 6.07) is 7.92. The maximum Gasteiger partial charge on any atom is 0.221 e. The van der Waals surface area contributed by atoms with Crippen LogP contribution in [0.15, 0.2) is 33.9 Å². The van der Waals surface area contributed by atoms with E-state index < -0.39 is 0 Å². The lowest BCUT2D eigenvalue weighted by Gasteiger charge is -2.14. The van der Waals surface area contributed by atoms with Crippen molar-refractivity contribution in [1.82, 2.24) is 25.5 Å². The first-order valence-electron chi connectivity index (χ1n) is 6.46. The van der Waals surface area contributed by atoms with Gasteiger partial charge in [0.2, 0.25) is 11.1 Å². The van der Waals surface area contributed by atoms with Crippen molar-refractivity contribution in [2.45, 2.75) is 24.5 Å². The molecule has 1 N–H and O–H groups in total. The number of nitrogens with one attached hydrogen (secondary N) is 1. The number of hydrogen-bond donors (Lipinski definition) is 1. The second kappa shape index (κ2) is 7.56. The average Bonchev–Trinajstić information content (AvgIpc) is 2.85. The summed E-state index contributed by atoms with van der Waals surface area (Å²) in [7, 11) is 1.78. The van der Waals surface area contributed by atoms with E-state index in [1.807, 2.05) is 31.2 Å². The van der Waals surface area contributed by atoms with Gasteiger partial charge in [-0.3, -0.25) is 4.79 Å². The highest BCUT2D eigenvalue weighted by Gasteiger charge is 2.10. The largest absolute Gasteiger partial charge is 0.350 e. The lowest BCUT2D eigenvalue weighted by molar-refractivity contribution is -0.121.